The lowest BCUT2D eigenvalue weighted by Gasteiger charge is -2.35. The Bertz CT molecular complexity index is 967. The molecule has 0 amide bonds. The second-order valence-electron chi connectivity index (χ2n) is 8.89. The van der Waals surface area contributed by atoms with Gasteiger partial charge in [0.1, 0.15) is 18.8 Å². The van der Waals surface area contributed by atoms with Crippen LogP contribution in [0.1, 0.15) is 50.7 Å². The summed E-state index contributed by atoms with van der Waals surface area (Å²) in [5.74, 6) is 0.464. The molecule has 1 aromatic carbocycles. The van der Waals surface area contributed by atoms with E-state index in [1.165, 1.54) is 6.33 Å². The van der Waals surface area contributed by atoms with Crippen molar-refractivity contribution >= 4 is 17.2 Å². The Morgan fingerprint density at radius 3 is 2.65 bits per heavy atom. The van der Waals surface area contributed by atoms with Gasteiger partial charge in [-0.05, 0) is 51.7 Å². The fourth-order valence-corrected chi connectivity index (χ4v) is 4.60. The Morgan fingerprint density at radius 2 is 1.90 bits per heavy atom. The third-order valence-electron chi connectivity index (χ3n) is 6.30. The monoisotopic (exact) mass is 424 g/mol. The molecule has 0 aliphatic heterocycles. The lowest BCUT2D eigenvalue weighted by molar-refractivity contribution is 0.0743. The summed E-state index contributed by atoms with van der Waals surface area (Å²) in [5, 5.41) is 8.22. The van der Waals surface area contributed by atoms with E-state index in [0.717, 1.165) is 59.5 Å². The molecular weight excluding hydrogens is 392 g/mol. The predicted octanol–water partition coefficient (Wildman–Crippen LogP) is 3.07. The number of anilines is 2. The minimum absolute atomic E-state index is 0.326. The van der Waals surface area contributed by atoms with Crippen LogP contribution in [0.5, 0.6) is 0 Å². The molecule has 2 aliphatic rings. The van der Waals surface area contributed by atoms with Gasteiger partial charge in [-0.15, -0.1) is 0 Å². The van der Waals surface area contributed by atoms with Crippen LogP contribution in [0.25, 0.3) is 11.3 Å². The van der Waals surface area contributed by atoms with Crippen molar-refractivity contribution in [1.29, 1.82) is 0 Å². The predicted molar refractivity (Wildman–Crippen MR) is 123 cm³/mol. The summed E-state index contributed by atoms with van der Waals surface area (Å²) >= 11 is 0. The van der Waals surface area contributed by atoms with E-state index in [2.05, 4.69) is 52.5 Å². The van der Waals surface area contributed by atoms with Crippen LogP contribution in [-0.4, -0.2) is 48.1 Å². The van der Waals surface area contributed by atoms with E-state index in [1.54, 1.807) is 7.11 Å². The van der Waals surface area contributed by atoms with Crippen molar-refractivity contribution in [2.24, 2.45) is 10.9 Å². The first-order valence-electron chi connectivity index (χ1n) is 10.9. The van der Waals surface area contributed by atoms with Gasteiger partial charge in [0, 0.05) is 47.0 Å². The molecule has 0 bridgehead atoms. The van der Waals surface area contributed by atoms with Crippen LogP contribution in [0.2, 0.25) is 0 Å². The molecule has 0 saturated heterocycles. The smallest absolute Gasteiger partial charge is 0.140 e. The number of rotatable bonds is 6. The highest BCUT2D eigenvalue weighted by molar-refractivity contribution is 6.16. The molecule has 1 aromatic heterocycles. The van der Waals surface area contributed by atoms with Gasteiger partial charge in [0.05, 0.1) is 18.0 Å². The minimum atomic E-state index is -0.517. The first kappa shape index (κ1) is 21.5. The molecule has 0 unspecified atom stereocenters. The number of aromatic nitrogens is 2. The third-order valence-corrected chi connectivity index (χ3v) is 6.30. The van der Waals surface area contributed by atoms with Crippen molar-refractivity contribution in [3.8, 4) is 11.3 Å². The maximum atomic E-state index is 6.29. The van der Waals surface area contributed by atoms with Crippen molar-refractivity contribution in [2.45, 2.75) is 57.0 Å². The number of oxime groups is 1. The van der Waals surface area contributed by atoms with Crippen molar-refractivity contribution in [3.05, 3.63) is 35.7 Å². The van der Waals surface area contributed by atoms with Gasteiger partial charge >= 0.3 is 0 Å². The minimum Gasteiger partial charge on any atom is -0.393 e. The number of nitrogens with two attached hydrogens (primary N) is 2. The zero-order chi connectivity index (χ0) is 22.0. The Morgan fingerprint density at radius 1 is 1.13 bits per heavy atom. The van der Waals surface area contributed by atoms with Gasteiger partial charge in [-0.2, -0.15) is 0 Å². The average Bonchev–Trinajstić information content (AvgIpc) is 2.74. The number of benzene rings is 1. The number of nitrogens with zero attached hydrogens (tertiary/aromatic N) is 3. The Hall–Kier alpha value is -2.71. The highest BCUT2D eigenvalue weighted by Crippen LogP contribution is 2.45. The highest BCUT2D eigenvalue weighted by atomic mass is 16.6. The maximum Gasteiger partial charge on any atom is 0.140 e. The molecule has 1 fully saturated rings. The number of hydrogen-bond acceptors (Lipinski definition) is 8. The molecule has 166 valence electrons. The third kappa shape index (κ3) is 4.22. The zero-order valence-electron chi connectivity index (χ0n) is 18.5. The van der Waals surface area contributed by atoms with E-state index < -0.39 is 5.41 Å². The van der Waals surface area contributed by atoms with E-state index in [4.69, 9.17) is 21.0 Å². The summed E-state index contributed by atoms with van der Waals surface area (Å²) in [5.41, 5.74) is 17.4. The van der Waals surface area contributed by atoms with Crippen LogP contribution < -0.4 is 16.8 Å². The number of fused-ring (bicyclic) bond motifs is 3. The van der Waals surface area contributed by atoms with Crippen LogP contribution in [-0.2, 0) is 15.0 Å². The molecule has 4 rings (SSSR count). The van der Waals surface area contributed by atoms with Crippen LogP contribution >= 0.6 is 0 Å². The van der Waals surface area contributed by atoms with Gasteiger partial charge in [-0.25, -0.2) is 9.97 Å². The van der Waals surface area contributed by atoms with E-state index in [-0.39, 0.29) is 0 Å². The second kappa shape index (κ2) is 8.80. The number of nitrogens with one attached hydrogen (secondary N) is 1. The topological polar surface area (TPSA) is 121 Å². The molecule has 0 spiro atoms. The molecular formula is C23H32N6O2. The summed E-state index contributed by atoms with van der Waals surface area (Å²) in [4.78, 5) is 14.4. The largest absolute Gasteiger partial charge is 0.393 e. The van der Waals surface area contributed by atoms with Crippen molar-refractivity contribution in [1.82, 2.24) is 9.97 Å². The van der Waals surface area contributed by atoms with E-state index in [9.17, 15) is 0 Å². The van der Waals surface area contributed by atoms with E-state index in [1.807, 2.05) is 0 Å². The number of hydrogen-bond donors (Lipinski definition) is 3. The Labute approximate surface area is 183 Å². The van der Waals surface area contributed by atoms with Gasteiger partial charge in [0.25, 0.3) is 0 Å². The van der Waals surface area contributed by atoms with Gasteiger partial charge in [-0.1, -0.05) is 11.2 Å². The molecule has 5 N–H and O–H groups in total. The fourth-order valence-electron chi connectivity index (χ4n) is 4.60. The molecule has 2 aromatic rings. The number of methoxy groups -OCH3 is 1. The van der Waals surface area contributed by atoms with Crippen LogP contribution in [0.15, 0.2) is 29.7 Å². The lowest BCUT2D eigenvalue weighted by atomic mass is 9.70. The number of nitrogen functional groups attached to an aromatic ring is 1. The Kier molecular flexibility index (Phi) is 6.11. The average molecular weight is 425 g/mol. The number of ether oxygens (including phenoxy) is 1. The first-order valence-corrected chi connectivity index (χ1v) is 10.9. The molecule has 2 aliphatic carbocycles. The van der Waals surface area contributed by atoms with Crippen LogP contribution in [0.4, 0.5) is 11.5 Å². The quantitative estimate of drug-likeness (QED) is 0.481. The SMILES string of the molecule is COCCON=C1c2cc(NC3CCC(N)CC3)ccc2-c2ncnc(N)c2C1(C)C. The van der Waals surface area contributed by atoms with Gasteiger partial charge in [-0.3, -0.25) is 0 Å². The maximum absolute atomic E-state index is 6.29. The zero-order valence-corrected chi connectivity index (χ0v) is 18.5. The van der Waals surface area contributed by atoms with Crippen molar-refractivity contribution in [3.63, 3.8) is 0 Å². The standard InChI is InChI=1S/C23H32N6O2/c1-23(2)19-20(26-13-27-22(19)25)17-9-8-16(28-15-6-4-14(24)5-7-15)12-18(17)21(23)29-31-11-10-30-3/h8-9,12-15,28H,4-7,10-11,24H2,1-3H3,(H2,25,26,27). The lowest BCUT2D eigenvalue weighted by Crippen LogP contribution is -2.36. The molecule has 0 atom stereocenters. The summed E-state index contributed by atoms with van der Waals surface area (Å²) < 4.78 is 5.09. The van der Waals surface area contributed by atoms with Crippen molar-refractivity contribution < 1.29 is 9.57 Å². The summed E-state index contributed by atoms with van der Waals surface area (Å²) in [6.07, 6.45) is 5.79. The van der Waals surface area contributed by atoms with Gasteiger partial charge in [0.15, 0.2) is 0 Å². The Balaban J connectivity index is 1.74. The molecule has 0 radical (unpaired) electrons. The van der Waals surface area contributed by atoms with Crippen molar-refractivity contribution in [2.75, 3.05) is 31.4 Å². The molecule has 1 heterocycles. The van der Waals surface area contributed by atoms with Crippen LogP contribution in [0, 0.1) is 0 Å². The second-order valence-corrected chi connectivity index (χ2v) is 8.89. The molecule has 8 heteroatoms. The summed E-state index contributed by atoms with van der Waals surface area (Å²) in [7, 11) is 1.64. The van der Waals surface area contributed by atoms with E-state index in [0.29, 0.717) is 31.1 Å². The highest BCUT2D eigenvalue weighted by Gasteiger charge is 2.41. The summed E-state index contributed by atoms with van der Waals surface area (Å²) in [6.45, 7) is 5.00. The van der Waals surface area contributed by atoms with Crippen LogP contribution in [0.3, 0.4) is 0 Å². The fraction of sp³-hybridized carbons (Fsp3) is 0.522. The van der Waals surface area contributed by atoms with Gasteiger partial charge < -0.3 is 26.4 Å². The molecule has 1 saturated carbocycles. The molecule has 31 heavy (non-hydrogen) atoms. The van der Waals surface area contributed by atoms with E-state index >= 15 is 0 Å². The molecule has 8 nitrogen and oxygen atoms in total. The summed E-state index contributed by atoms with van der Waals surface area (Å²) in [6, 6.07) is 7.07. The normalized spacial score (nSPS) is 23.2. The first-order chi connectivity index (χ1) is 14.9. The van der Waals surface area contributed by atoms with Gasteiger partial charge in [0.2, 0.25) is 0 Å².